The second-order valence-electron chi connectivity index (χ2n) is 10.5. The highest BCUT2D eigenvalue weighted by Crippen LogP contribution is 2.47. The fraction of sp³-hybridized carbons (Fsp3) is 0.625. The summed E-state index contributed by atoms with van der Waals surface area (Å²) in [5, 5.41) is 11.1. The van der Waals surface area contributed by atoms with Gasteiger partial charge in [0.05, 0.1) is 11.5 Å². The van der Waals surface area contributed by atoms with Gasteiger partial charge in [-0.2, -0.15) is 0 Å². The van der Waals surface area contributed by atoms with Crippen LogP contribution in [0, 0.1) is 18.8 Å². The van der Waals surface area contributed by atoms with E-state index in [9.17, 15) is 19.5 Å². The average molecular weight is 419 g/mol. The number of rotatable bonds is 3. The highest BCUT2D eigenvalue weighted by molar-refractivity contribution is 6.03. The van der Waals surface area contributed by atoms with E-state index in [4.69, 9.17) is 9.47 Å². The molecule has 0 radical (unpaired) electrons. The van der Waals surface area contributed by atoms with Crippen LogP contribution in [0.25, 0.3) is 0 Å². The Morgan fingerprint density at radius 2 is 1.43 bits per heavy atom. The number of hydrogen-bond donors (Lipinski definition) is 1. The fourth-order valence-corrected chi connectivity index (χ4v) is 3.93. The van der Waals surface area contributed by atoms with Crippen LogP contribution in [0.5, 0.6) is 0 Å². The molecular formula is C24H34O6. The molecule has 0 amide bonds. The van der Waals surface area contributed by atoms with Crippen molar-refractivity contribution >= 4 is 17.7 Å². The Labute approximate surface area is 179 Å². The molecule has 0 aromatic heterocycles. The largest absolute Gasteiger partial charge is 0.460 e. The van der Waals surface area contributed by atoms with Gasteiger partial charge in [-0.05, 0) is 61.0 Å². The number of Topliss-reactive ketones (excluding diaryl/α,β-unsaturated/α-hetero) is 1. The number of ketones is 1. The number of hydrogen-bond acceptors (Lipinski definition) is 6. The van der Waals surface area contributed by atoms with Crippen molar-refractivity contribution in [2.75, 3.05) is 0 Å². The molecule has 1 aliphatic carbocycles. The average Bonchev–Trinajstić information content (AvgIpc) is 2.50. The van der Waals surface area contributed by atoms with Gasteiger partial charge in [0.25, 0.3) is 0 Å². The molecule has 6 nitrogen and oxygen atoms in total. The standard InChI is InChI=1S/C24H34O6/c1-14-9-11-15(12-10-14)17-18(20(26)29-22(2,3)4)16(25)13-24(8,28)19(17)21(27)30-23(5,6)7/h9-12,17-19,28H,13H2,1-8H3/t17-,18+,19-,24+/m0/s1. The first-order valence-electron chi connectivity index (χ1n) is 10.3. The predicted molar refractivity (Wildman–Crippen MR) is 113 cm³/mol. The lowest BCUT2D eigenvalue weighted by molar-refractivity contribution is -0.182. The zero-order valence-electron chi connectivity index (χ0n) is 19.2. The molecular weight excluding hydrogens is 384 g/mol. The van der Waals surface area contributed by atoms with Crippen molar-refractivity contribution in [2.45, 2.75) is 84.5 Å². The molecule has 1 fully saturated rings. The van der Waals surface area contributed by atoms with Crippen LogP contribution in [0.2, 0.25) is 0 Å². The van der Waals surface area contributed by atoms with Crippen LogP contribution < -0.4 is 0 Å². The van der Waals surface area contributed by atoms with Crippen LogP contribution in [-0.4, -0.2) is 39.6 Å². The van der Waals surface area contributed by atoms with Gasteiger partial charge in [0, 0.05) is 12.3 Å². The first-order chi connectivity index (χ1) is 13.5. The Hall–Kier alpha value is -2.21. The van der Waals surface area contributed by atoms with Crippen molar-refractivity contribution in [1.82, 2.24) is 0 Å². The van der Waals surface area contributed by atoms with Crippen LogP contribution in [-0.2, 0) is 23.9 Å². The molecule has 1 aliphatic rings. The van der Waals surface area contributed by atoms with Gasteiger partial charge in [0.1, 0.15) is 17.1 Å². The van der Waals surface area contributed by atoms with E-state index in [1.54, 1.807) is 53.7 Å². The normalized spacial score (nSPS) is 27.5. The summed E-state index contributed by atoms with van der Waals surface area (Å²) in [5.41, 5.74) is -1.63. The molecule has 1 N–H and O–H groups in total. The van der Waals surface area contributed by atoms with Crippen LogP contribution >= 0.6 is 0 Å². The number of carbonyl (C=O) groups excluding carboxylic acids is 3. The third-order valence-corrected chi connectivity index (χ3v) is 5.05. The molecule has 30 heavy (non-hydrogen) atoms. The lowest BCUT2D eigenvalue weighted by atomic mass is 9.61. The molecule has 0 saturated heterocycles. The molecule has 0 heterocycles. The van der Waals surface area contributed by atoms with Gasteiger partial charge in [-0.25, -0.2) is 0 Å². The lowest BCUT2D eigenvalue weighted by Crippen LogP contribution is -2.56. The molecule has 0 bridgehead atoms. The van der Waals surface area contributed by atoms with E-state index in [1.165, 1.54) is 6.92 Å². The molecule has 0 spiro atoms. The molecule has 166 valence electrons. The Kier molecular flexibility index (Phi) is 6.53. The lowest BCUT2D eigenvalue weighted by Gasteiger charge is -2.44. The summed E-state index contributed by atoms with van der Waals surface area (Å²) in [6.07, 6.45) is -0.330. The van der Waals surface area contributed by atoms with Gasteiger partial charge in [-0.3, -0.25) is 14.4 Å². The minimum atomic E-state index is -1.66. The Morgan fingerprint density at radius 1 is 0.967 bits per heavy atom. The first-order valence-corrected chi connectivity index (χ1v) is 10.3. The van der Waals surface area contributed by atoms with Crippen LogP contribution in [0.15, 0.2) is 24.3 Å². The van der Waals surface area contributed by atoms with Gasteiger partial charge in [0.15, 0.2) is 5.78 Å². The summed E-state index contributed by atoms with van der Waals surface area (Å²) in [7, 11) is 0. The van der Waals surface area contributed by atoms with Gasteiger partial charge < -0.3 is 14.6 Å². The van der Waals surface area contributed by atoms with Crippen LogP contribution in [0.3, 0.4) is 0 Å². The maximum Gasteiger partial charge on any atom is 0.317 e. The fourth-order valence-electron chi connectivity index (χ4n) is 3.93. The smallest absolute Gasteiger partial charge is 0.317 e. The molecule has 4 atom stereocenters. The van der Waals surface area contributed by atoms with Crippen LogP contribution in [0.4, 0.5) is 0 Å². The number of carbonyl (C=O) groups is 3. The Bertz CT molecular complexity index is 808. The summed E-state index contributed by atoms with van der Waals surface area (Å²) >= 11 is 0. The highest BCUT2D eigenvalue weighted by atomic mass is 16.6. The molecule has 1 aromatic rings. The molecule has 2 rings (SSSR count). The summed E-state index contributed by atoms with van der Waals surface area (Å²) < 4.78 is 11.1. The van der Waals surface area contributed by atoms with Gasteiger partial charge in [-0.1, -0.05) is 29.8 Å². The van der Waals surface area contributed by atoms with Crippen LogP contribution in [0.1, 0.15) is 71.9 Å². The van der Waals surface area contributed by atoms with Gasteiger partial charge in [-0.15, -0.1) is 0 Å². The number of aryl methyl sites for hydroxylation is 1. The van der Waals surface area contributed by atoms with Crippen molar-refractivity contribution in [2.24, 2.45) is 11.8 Å². The highest BCUT2D eigenvalue weighted by Gasteiger charge is 2.57. The Morgan fingerprint density at radius 3 is 1.90 bits per heavy atom. The van der Waals surface area contributed by atoms with Gasteiger partial charge in [0.2, 0.25) is 0 Å². The van der Waals surface area contributed by atoms with E-state index in [2.05, 4.69) is 0 Å². The molecule has 0 unspecified atom stereocenters. The van der Waals surface area contributed by atoms with Crippen molar-refractivity contribution < 1.29 is 29.0 Å². The summed E-state index contributed by atoms with van der Waals surface area (Å²) in [4.78, 5) is 39.3. The van der Waals surface area contributed by atoms with Crippen molar-refractivity contribution in [3.05, 3.63) is 35.4 Å². The van der Waals surface area contributed by atoms with E-state index < -0.39 is 52.3 Å². The van der Waals surface area contributed by atoms with E-state index >= 15 is 0 Å². The summed E-state index contributed by atoms with van der Waals surface area (Å²) in [6, 6.07) is 7.26. The number of benzene rings is 1. The number of esters is 2. The second kappa shape index (κ2) is 8.14. The SMILES string of the molecule is Cc1ccc([C@H]2[C@H](C(=O)OC(C)(C)C)C(=O)C[C@@](C)(O)[C@@H]2C(=O)OC(C)(C)C)cc1. The number of ether oxygens (including phenoxy) is 2. The topological polar surface area (TPSA) is 89.9 Å². The quantitative estimate of drug-likeness (QED) is 0.594. The van der Waals surface area contributed by atoms with E-state index in [-0.39, 0.29) is 6.42 Å². The monoisotopic (exact) mass is 418 g/mol. The molecule has 1 saturated carbocycles. The molecule has 6 heteroatoms. The Balaban J connectivity index is 2.62. The molecule has 1 aromatic carbocycles. The van der Waals surface area contributed by atoms with Crippen molar-refractivity contribution in [3.8, 4) is 0 Å². The van der Waals surface area contributed by atoms with Crippen molar-refractivity contribution in [1.29, 1.82) is 0 Å². The maximum absolute atomic E-state index is 13.2. The first kappa shape index (κ1) is 24.1. The maximum atomic E-state index is 13.2. The minimum absolute atomic E-state index is 0.330. The predicted octanol–water partition coefficient (Wildman–Crippen LogP) is 3.72. The third-order valence-electron chi connectivity index (χ3n) is 5.05. The third kappa shape index (κ3) is 5.69. The van der Waals surface area contributed by atoms with E-state index in [0.717, 1.165) is 5.56 Å². The number of aliphatic hydroxyl groups is 1. The molecule has 0 aliphatic heterocycles. The summed E-state index contributed by atoms with van der Waals surface area (Å²) in [6.45, 7) is 13.7. The zero-order chi connectivity index (χ0) is 23.1. The van der Waals surface area contributed by atoms with E-state index in [1.807, 2.05) is 19.1 Å². The van der Waals surface area contributed by atoms with Gasteiger partial charge >= 0.3 is 11.9 Å². The summed E-state index contributed by atoms with van der Waals surface area (Å²) in [5.74, 6) is -4.98. The second-order valence-corrected chi connectivity index (χ2v) is 10.5. The zero-order valence-corrected chi connectivity index (χ0v) is 19.2. The van der Waals surface area contributed by atoms with E-state index in [0.29, 0.717) is 5.56 Å². The minimum Gasteiger partial charge on any atom is -0.460 e. The van der Waals surface area contributed by atoms with Crippen molar-refractivity contribution in [3.63, 3.8) is 0 Å².